The summed E-state index contributed by atoms with van der Waals surface area (Å²) in [7, 11) is 0. The molecule has 2 aromatic carbocycles. The molecule has 2 heterocycles. The lowest BCUT2D eigenvalue weighted by atomic mass is 10.1. The highest BCUT2D eigenvalue weighted by Crippen LogP contribution is 2.17. The van der Waals surface area contributed by atoms with Crippen LogP contribution in [0.2, 0.25) is 0 Å². The van der Waals surface area contributed by atoms with Gasteiger partial charge in [0.05, 0.1) is 0 Å². The fraction of sp³-hybridized carbons (Fsp3) is 0.227. The van der Waals surface area contributed by atoms with Crippen molar-refractivity contribution in [3.05, 3.63) is 84.2 Å². The van der Waals surface area contributed by atoms with E-state index < -0.39 is 0 Å². The quantitative estimate of drug-likeness (QED) is 0.687. The van der Waals surface area contributed by atoms with Crippen molar-refractivity contribution in [2.75, 3.05) is 31.1 Å². The Balaban J connectivity index is 1.31. The number of rotatable bonds is 5. The van der Waals surface area contributed by atoms with Gasteiger partial charge < -0.3 is 14.5 Å². The topological polar surface area (TPSA) is 58.6 Å². The number of aromatic nitrogens is 2. The molecular formula is C22H22N4O2. The predicted molar refractivity (Wildman–Crippen MR) is 107 cm³/mol. The van der Waals surface area contributed by atoms with E-state index in [1.165, 1.54) is 0 Å². The van der Waals surface area contributed by atoms with Crippen LogP contribution >= 0.6 is 0 Å². The van der Waals surface area contributed by atoms with Crippen molar-refractivity contribution in [3.63, 3.8) is 0 Å². The van der Waals surface area contributed by atoms with Crippen LogP contribution in [0.15, 0.2) is 73.1 Å². The first-order chi connectivity index (χ1) is 13.8. The molecule has 1 fully saturated rings. The number of hydrogen-bond acceptors (Lipinski definition) is 5. The van der Waals surface area contributed by atoms with Gasteiger partial charge in [-0.2, -0.15) is 0 Å². The van der Waals surface area contributed by atoms with Gasteiger partial charge in [0.1, 0.15) is 12.4 Å². The zero-order valence-corrected chi connectivity index (χ0v) is 15.6. The van der Waals surface area contributed by atoms with Crippen LogP contribution in [0, 0.1) is 0 Å². The van der Waals surface area contributed by atoms with E-state index >= 15 is 0 Å². The Hall–Kier alpha value is -3.41. The molecule has 0 aliphatic carbocycles. The molecule has 4 rings (SSSR count). The summed E-state index contributed by atoms with van der Waals surface area (Å²) in [6.45, 7) is 3.28. The minimum atomic E-state index is 0.0447. The SMILES string of the molecule is O=C(c1ccc(OCc2ccccc2)cc1)N1CCN(c2ncccn2)CC1. The van der Waals surface area contributed by atoms with E-state index in [0.717, 1.165) is 30.4 Å². The third kappa shape index (κ3) is 4.28. The summed E-state index contributed by atoms with van der Waals surface area (Å²) >= 11 is 0. The van der Waals surface area contributed by atoms with Crippen LogP contribution < -0.4 is 9.64 Å². The maximum Gasteiger partial charge on any atom is 0.253 e. The molecule has 6 heteroatoms. The zero-order chi connectivity index (χ0) is 19.2. The molecule has 0 radical (unpaired) electrons. The average molecular weight is 374 g/mol. The zero-order valence-electron chi connectivity index (χ0n) is 15.6. The minimum Gasteiger partial charge on any atom is -0.489 e. The van der Waals surface area contributed by atoms with E-state index in [0.29, 0.717) is 25.3 Å². The summed E-state index contributed by atoms with van der Waals surface area (Å²) in [4.78, 5) is 25.3. The Bertz CT molecular complexity index is 893. The van der Waals surface area contributed by atoms with E-state index in [-0.39, 0.29) is 5.91 Å². The maximum absolute atomic E-state index is 12.8. The number of anilines is 1. The average Bonchev–Trinajstić information content (AvgIpc) is 2.79. The van der Waals surface area contributed by atoms with Crippen LogP contribution in [-0.2, 0) is 6.61 Å². The van der Waals surface area contributed by atoms with Crippen LogP contribution in [0.3, 0.4) is 0 Å². The van der Waals surface area contributed by atoms with Crippen LogP contribution in [-0.4, -0.2) is 47.0 Å². The molecule has 1 saturated heterocycles. The van der Waals surface area contributed by atoms with Gasteiger partial charge in [0, 0.05) is 44.1 Å². The standard InChI is InChI=1S/C22H22N4O2/c27-21(25-13-15-26(16-14-25)22-23-11-4-12-24-22)19-7-9-20(10-8-19)28-17-18-5-2-1-3-6-18/h1-12H,13-17H2. The lowest BCUT2D eigenvalue weighted by Gasteiger charge is -2.34. The van der Waals surface area contributed by atoms with Gasteiger partial charge in [-0.15, -0.1) is 0 Å². The highest BCUT2D eigenvalue weighted by Gasteiger charge is 2.23. The number of piperazine rings is 1. The minimum absolute atomic E-state index is 0.0447. The van der Waals surface area contributed by atoms with E-state index in [1.807, 2.05) is 59.5 Å². The smallest absolute Gasteiger partial charge is 0.253 e. The van der Waals surface area contributed by atoms with Crippen molar-refractivity contribution in [3.8, 4) is 5.75 Å². The molecule has 28 heavy (non-hydrogen) atoms. The molecule has 0 N–H and O–H groups in total. The number of amides is 1. The molecular weight excluding hydrogens is 352 g/mol. The van der Waals surface area contributed by atoms with Gasteiger partial charge in [0.15, 0.2) is 0 Å². The second kappa shape index (κ2) is 8.52. The molecule has 0 atom stereocenters. The normalized spacial score (nSPS) is 14.0. The highest BCUT2D eigenvalue weighted by molar-refractivity contribution is 5.94. The van der Waals surface area contributed by atoms with Crippen molar-refractivity contribution in [1.82, 2.24) is 14.9 Å². The van der Waals surface area contributed by atoms with Gasteiger partial charge in [-0.1, -0.05) is 30.3 Å². The van der Waals surface area contributed by atoms with Gasteiger partial charge in [-0.3, -0.25) is 4.79 Å². The third-order valence-corrected chi connectivity index (χ3v) is 4.75. The van der Waals surface area contributed by atoms with Gasteiger partial charge in [0.2, 0.25) is 5.95 Å². The Kier molecular flexibility index (Phi) is 5.47. The van der Waals surface area contributed by atoms with Crippen molar-refractivity contribution < 1.29 is 9.53 Å². The Morgan fingerprint density at radius 2 is 1.54 bits per heavy atom. The van der Waals surface area contributed by atoms with E-state index in [2.05, 4.69) is 14.9 Å². The molecule has 142 valence electrons. The number of benzene rings is 2. The second-order valence-corrected chi connectivity index (χ2v) is 6.63. The number of carbonyl (C=O) groups excluding carboxylic acids is 1. The second-order valence-electron chi connectivity index (χ2n) is 6.63. The Morgan fingerprint density at radius 3 is 2.21 bits per heavy atom. The van der Waals surface area contributed by atoms with Crippen LogP contribution in [0.25, 0.3) is 0 Å². The molecule has 1 aliphatic heterocycles. The first-order valence-corrected chi connectivity index (χ1v) is 9.37. The van der Waals surface area contributed by atoms with Crippen molar-refractivity contribution >= 4 is 11.9 Å². The van der Waals surface area contributed by atoms with Crippen LogP contribution in [0.4, 0.5) is 5.95 Å². The van der Waals surface area contributed by atoms with Gasteiger partial charge >= 0.3 is 0 Å². The third-order valence-electron chi connectivity index (χ3n) is 4.75. The molecule has 3 aromatic rings. The fourth-order valence-electron chi connectivity index (χ4n) is 3.18. The Morgan fingerprint density at radius 1 is 0.857 bits per heavy atom. The Labute approximate surface area is 164 Å². The van der Waals surface area contributed by atoms with Gasteiger partial charge in [0.25, 0.3) is 5.91 Å². The monoisotopic (exact) mass is 374 g/mol. The molecule has 1 aromatic heterocycles. The van der Waals surface area contributed by atoms with Crippen molar-refractivity contribution in [1.29, 1.82) is 0 Å². The summed E-state index contributed by atoms with van der Waals surface area (Å²) in [5, 5.41) is 0. The number of hydrogen-bond donors (Lipinski definition) is 0. The molecule has 1 aliphatic rings. The summed E-state index contributed by atoms with van der Waals surface area (Å²) in [5.74, 6) is 1.52. The molecule has 0 spiro atoms. The predicted octanol–water partition coefficient (Wildman–Crippen LogP) is 3.02. The number of nitrogens with zero attached hydrogens (tertiary/aromatic N) is 4. The number of ether oxygens (including phenoxy) is 1. The van der Waals surface area contributed by atoms with E-state index in [9.17, 15) is 4.79 Å². The van der Waals surface area contributed by atoms with E-state index in [1.54, 1.807) is 18.5 Å². The summed E-state index contributed by atoms with van der Waals surface area (Å²) < 4.78 is 5.79. The summed E-state index contributed by atoms with van der Waals surface area (Å²) in [5.41, 5.74) is 1.79. The van der Waals surface area contributed by atoms with Crippen molar-refractivity contribution in [2.45, 2.75) is 6.61 Å². The van der Waals surface area contributed by atoms with Gasteiger partial charge in [-0.25, -0.2) is 9.97 Å². The fourth-order valence-corrected chi connectivity index (χ4v) is 3.18. The van der Waals surface area contributed by atoms with Crippen molar-refractivity contribution in [2.24, 2.45) is 0 Å². The first kappa shape index (κ1) is 18.0. The number of carbonyl (C=O) groups is 1. The molecule has 0 bridgehead atoms. The summed E-state index contributed by atoms with van der Waals surface area (Å²) in [6, 6.07) is 19.2. The highest BCUT2D eigenvalue weighted by atomic mass is 16.5. The summed E-state index contributed by atoms with van der Waals surface area (Å²) in [6.07, 6.45) is 3.47. The maximum atomic E-state index is 12.8. The molecule has 0 saturated carbocycles. The largest absolute Gasteiger partial charge is 0.489 e. The van der Waals surface area contributed by atoms with Crippen LogP contribution in [0.1, 0.15) is 15.9 Å². The van der Waals surface area contributed by atoms with Gasteiger partial charge in [-0.05, 0) is 35.9 Å². The lowest BCUT2D eigenvalue weighted by molar-refractivity contribution is 0.0746. The molecule has 1 amide bonds. The lowest BCUT2D eigenvalue weighted by Crippen LogP contribution is -2.49. The first-order valence-electron chi connectivity index (χ1n) is 9.37. The molecule has 0 unspecified atom stereocenters. The van der Waals surface area contributed by atoms with Crippen LogP contribution in [0.5, 0.6) is 5.75 Å². The molecule has 6 nitrogen and oxygen atoms in total. The van der Waals surface area contributed by atoms with E-state index in [4.69, 9.17) is 4.74 Å².